The summed E-state index contributed by atoms with van der Waals surface area (Å²) in [5.41, 5.74) is 7.96. The molecule has 0 radical (unpaired) electrons. The predicted molar refractivity (Wildman–Crippen MR) is 68.9 cm³/mol. The molecule has 0 atom stereocenters. The zero-order valence-electron chi connectivity index (χ0n) is 8.97. The smallest absolute Gasteiger partial charge is 0.0352 e. The van der Waals surface area contributed by atoms with E-state index < -0.39 is 0 Å². The summed E-state index contributed by atoms with van der Waals surface area (Å²) in [6.07, 6.45) is 1.80. The van der Waals surface area contributed by atoms with Gasteiger partial charge in [-0.2, -0.15) is 0 Å². The summed E-state index contributed by atoms with van der Waals surface area (Å²) in [7, 11) is 0. The van der Waals surface area contributed by atoms with Crippen molar-refractivity contribution in [3.63, 3.8) is 0 Å². The Bertz CT molecular complexity index is 306. The van der Waals surface area contributed by atoms with Gasteiger partial charge in [0.1, 0.15) is 0 Å². The van der Waals surface area contributed by atoms with Gasteiger partial charge < -0.3 is 5.73 Å². The third kappa shape index (κ3) is 3.02. The zero-order chi connectivity index (χ0) is 11.3. The van der Waals surface area contributed by atoms with Gasteiger partial charge in [-0.15, -0.1) is 23.2 Å². The van der Waals surface area contributed by atoms with Crippen molar-refractivity contribution in [1.82, 2.24) is 0 Å². The number of anilines is 1. The molecular formula is C12H17Cl2N. The van der Waals surface area contributed by atoms with Crippen molar-refractivity contribution >= 4 is 28.9 Å². The van der Waals surface area contributed by atoms with E-state index in [1.54, 1.807) is 0 Å². The van der Waals surface area contributed by atoms with Crippen LogP contribution in [0.3, 0.4) is 0 Å². The summed E-state index contributed by atoms with van der Waals surface area (Å²) in [6.45, 7) is 2.17. The highest BCUT2D eigenvalue weighted by molar-refractivity contribution is 6.18. The van der Waals surface area contributed by atoms with E-state index in [1.165, 1.54) is 0 Å². The van der Waals surface area contributed by atoms with Crippen LogP contribution in [-0.4, -0.2) is 11.8 Å². The molecule has 0 unspecified atom stereocenters. The highest BCUT2D eigenvalue weighted by Crippen LogP contribution is 2.35. The SMILES string of the molecule is CC(CCCl)(CCCl)c1ccccc1N. The van der Waals surface area contributed by atoms with Crippen LogP contribution in [0.25, 0.3) is 0 Å². The topological polar surface area (TPSA) is 26.0 Å². The van der Waals surface area contributed by atoms with Crippen LogP contribution in [0, 0.1) is 0 Å². The first-order valence-electron chi connectivity index (χ1n) is 5.11. The maximum atomic E-state index is 5.98. The molecule has 0 aliphatic heterocycles. The molecule has 0 aromatic heterocycles. The molecule has 0 amide bonds. The van der Waals surface area contributed by atoms with Crippen LogP contribution in [-0.2, 0) is 5.41 Å². The van der Waals surface area contributed by atoms with Gasteiger partial charge in [0.05, 0.1) is 0 Å². The van der Waals surface area contributed by atoms with Crippen LogP contribution < -0.4 is 5.73 Å². The Morgan fingerprint density at radius 3 is 2.13 bits per heavy atom. The average molecular weight is 246 g/mol. The number of hydrogen-bond donors (Lipinski definition) is 1. The molecule has 1 aromatic rings. The van der Waals surface area contributed by atoms with Gasteiger partial charge in [-0.1, -0.05) is 25.1 Å². The summed E-state index contributed by atoms with van der Waals surface area (Å²) >= 11 is 11.7. The van der Waals surface area contributed by atoms with E-state index in [4.69, 9.17) is 28.9 Å². The van der Waals surface area contributed by atoms with Crippen molar-refractivity contribution in [2.24, 2.45) is 0 Å². The highest BCUT2D eigenvalue weighted by atomic mass is 35.5. The first-order chi connectivity index (χ1) is 7.14. The maximum Gasteiger partial charge on any atom is 0.0352 e. The molecular weight excluding hydrogens is 229 g/mol. The summed E-state index contributed by atoms with van der Waals surface area (Å²) in [4.78, 5) is 0. The molecule has 0 aliphatic carbocycles. The van der Waals surface area contributed by atoms with E-state index in [2.05, 4.69) is 13.0 Å². The summed E-state index contributed by atoms with van der Waals surface area (Å²) in [5, 5.41) is 0. The molecule has 1 aromatic carbocycles. The molecule has 3 heteroatoms. The minimum Gasteiger partial charge on any atom is -0.398 e. The molecule has 0 aliphatic rings. The first kappa shape index (κ1) is 12.7. The van der Waals surface area contributed by atoms with Gasteiger partial charge in [-0.25, -0.2) is 0 Å². The predicted octanol–water partition coefficient (Wildman–Crippen LogP) is 3.78. The largest absolute Gasteiger partial charge is 0.398 e. The van der Waals surface area contributed by atoms with Gasteiger partial charge in [-0.3, -0.25) is 0 Å². The zero-order valence-corrected chi connectivity index (χ0v) is 10.5. The number of nitrogen functional groups attached to an aromatic ring is 1. The Balaban J connectivity index is 3.03. The number of rotatable bonds is 5. The molecule has 0 saturated heterocycles. The highest BCUT2D eigenvalue weighted by Gasteiger charge is 2.26. The quantitative estimate of drug-likeness (QED) is 0.620. The first-order valence-corrected chi connectivity index (χ1v) is 6.18. The van der Waals surface area contributed by atoms with Crippen LogP contribution in [0.2, 0.25) is 0 Å². The Morgan fingerprint density at radius 1 is 1.13 bits per heavy atom. The van der Waals surface area contributed by atoms with Crippen molar-refractivity contribution in [2.45, 2.75) is 25.2 Å². The normalized spacial score (nSPS) is 11.7. The number of nitrogens with two attached hydrogens (primary N) is 1. The number of alkyl halides is 2. The van der Waals surface area contributed by atoms with E-state index in [0.717, 1.165) is 24.1 Å². The standard InChI is InChI=1S/C12H17Cl2N/c1-12(6-8-13,7-9-14)10-4-2-3-5-11(10)15/h2-5H,6-9,15H2,1H3. The van der Waals surface area contributed by atoms with Crippen molar-refractivity contribution in [3.05, 3.63) is 29.8 Å². The Kier molecular flexibility index (Phi) is 4.75. The second-order valence-electron chi connectivity index (χ2n) is 4.03. The van der Waals surface area contributed by atoms with Crippen molar-refractivity contribution in [1.29, 1.82) is 0 Å². The van der Waals surface area contributed by atoms with Crippen molar-refractivity contribution < 1.29 is 0 Å². The lowest BCUT2D eigenvalue weighted by atomic mass is 9.77. The molecule has 2 N–H and O–H groups in total. The molecule has 0 saturated carbocycles. The van der Waals surface area contributed by atoms with E-state index >= 15 is 0 Å². The van der Waals surface area contributed by atoms with Crippen LogP contribution in [0.4, 0.5) is 5.69 Å². The fourth-order valence-corrected chi connectivity index (χ4v) is 2.69. The molecule has 1 nitrogen and oxygen atoms in total. The van der Waals surface area contributed by atoms with Crippen LogP contribution in [0.5, 0.6) is 0 Å². The van der Waals surface area contributed by atoms with E-state index in [1.807, 2.05) is 18.2 Å². The van der Waals surface area contributed by atoms with Gasteiger partial charge in [0.2, 0.25) is 0 Å². The Hall–Kier alpha value is -0.400. The van der Waals surface area contributed by atoms with E-state index in [-0.39, 0.29) is 5.41 Å². The van der Waals surface area contributed by atoms with Gasteiger partial charge in [0.25, 0.3) is 0 Å². The number of benzene rings is 1. The Labute approximate surface area is 102 Å². The molecule has 15 heavy (non-hydrogen) atoms. The lowest BCUT2D eigenvalue weighted by Gasteiger charge is -2.30. The molecule has 0 bridgehead atoms. The van der Waals surface area contributed by atoms with Crippen molar-refractivity contribution in [3.8, 4) is 0 Å². The third-order valence-corrected chi connectivity index (χ3v) is 3.28. The van der Waals surface area contributed by atoms with E-state index in [9.17, 15) is 0 Å². The monoisotopic (exact) mass is 245 g/mol. The minimum atomic E-state index is -0.00512. The summed E-state index contributed by atoms with van der Waals surface area (Å²) in [5.74, 6) is 1.25. The lowest BCUT2D eigenvalue weighted by molar-refractivity contribution is 0.445. The Morgan fingerprint density at radius 2 is 1.67 bits per heavy atom. The summed E-state index contributed by atoms with van der Waals surface area (Å²) in [6, 6.07) is 7.94. The van der Waals surface area contributed by atoms with Crippen molar-refractivity contribution in [2.75, 3.05) is 17.5 Å². The number of hydrogen-bond acceptors (Lipinski definition) is 1. The van der Waals surface area contributed by atoms with Gasteiger partial charge in [0, 0.05) is 17.4 Å². The maximum absolute atomic E-state index is 5.98. The van der Waals surface area contributed by atoms with Crippen LogP contribution in [0.15, 0.2) is 24.3 Å². The molecule has 0 spiro atoms. The number of halogens is 2. The fraction of sp³-hybridized carbons (Fsp3) is 0.500. The minimum absolute atomic E-state index is 0.00512. The van der Waals surface area contributed by atoms with E-state index in [0.29, 0.717) is 11.8 Å². The number of para-hydroxylation sites is 1. The third-order valence-electron chi connectivity index (χ3n) is 2.90. The van der Waals surface area contributed by atoms with Gasteiger partial charge >= 0.3 is 0 Å². The lowest BCUT2D eigenvalue weighted by Crippen LogP contribution is -2.24. The molecule has 0 heterocycles. The molecule has 84 valence electrons. The van der Waals surface area contributed by atoms with Gasteiger partial charge in [-0.05, 0) is 29.9 Å². The fourth-order valence-electron chi connectivity index (χ4n) is 1.86. The second kappa shape index (κ2) is 5.62. The summed E-state index contributed by atoms with van der Waals surface area (Å²) < 4.78 is 0. The van der Waals surface area contributed by atoms with Gasteiger partial charge in [0.15, 0.2) is 0 Å². The second-order valence-corrected chi connectivity index (χ2v) is 4.78. The molecule has 0 fully saturated rings. The molecule has 1 rings (SSSR count). The average Bonchev–Trinajstić information content (AvgIpc) is 2.19. The van der Waals surface area contributed by atoms with Crippen LogP contribution >= 0.6 is 23.2 Å². The van der Waals surface area contributed by atoms with Crippen LogP contribution in [0.1, 0.15) is 25.3 Å².